The largest absolute Gasteiger partial charge is 0.338 e. The first-order chi connectivity index (χ1) is 9.20. The Hall–Kier alpha value is -0.350. The van der Waals surface area contributed by atoms with E-state index in [9.17, 15) is 4.79 Å². The summed E-state index contributed by atoms with van der Waals surface area (Å²) in [7, 11) is 0. The van der Waals surface area contributed by atoms with Crippen LogP contribution in [0.1, 0.15) is 62.0 Å². The third-order valence-corrected chi connectivity index (χ3v) is 4.99. The number of amides is 1. The lowest BCUT2D eigenvalue weighted by molar-refractivity contribution is 0.0753. The maximum absolute atomic E-state index is 12.5. The third-order valence-electron chi connectivity index (χ3n) is 3.16. The van der Waals surface area contributed by atoms with Crippen LogP contribution in [0.4, 0.5) is 0 Å². The molecule has 0 aliphatic heterocycles. The highest BCUT2D eigenvalue weighted by Gasteiger charge is 2.18. The lowest BCUT2D eigenvalue weighted by Crippen LogP contribution is -2.32. The number of nitrogens with zero attached hydrogens (tertiary/aromatic N) is 1. The number of unbranched alkanes of at least 4 members (excludes halogenated alkanes) is 4. The second-order valence-electron chi connectivity index (χ2n) is 4.80. The highest BCUT2D eigenvalue weighted by molar-refractivity contribution is 9.10. The number of thiophene rings is 1. The summed E-state index contributed by atoms with van der Waals surface area (Å²) in [6, 6.07) is 1.95. The topological polar surface area (TPSA) is 20.3 Å². The molecule has 1 heterocycles. The van der Waals surface area contributed by atoms with E-state index in [0.29, 0.717) is 0 Å². The number of hydrogen-bond donors (Lipinski definition) is 0. The fourth-order valence-electron chi connectivity index (χ4n) is 2.01. The van der Waals surface area contributed by atoms with Gasteiger partial charge in [-0.2, -0.15) is 0 Å². The quantitative estimate of drug-likeness (QED) is 0.553. The molecule has 0 aliphatic carbocycles. The van der Waals surface area contributed by atoms with Crippen molar-refractivity contribution in [2.75, 3.05) is 13.1 Å². The number of carbonyl (C=O) groups excluding carboxylic acids is 1. The summed E-state index contributed by atoms with van der Waals surface area (Å²) in [5, 5.41) is 1.97. The molecule has 0 spiro atoms. The summed E-state index contributed by atoms with van der Waals surface area (Å²) in [6.45, 7) is 6.17. The van der Waals surface area contributed by atoms with E-state index in [1.54, 1.807) is 0 Å². The molecule has 0 bridgehead atoms. The molecule has 1 amide bonds. The molecule has 0 aromatic carbocycles. The molecule has 0 N–H and O–H groups in total. The molecule has 0 aliphatic rings. The summed E-state index contributed by atoms with van der Waals surface area (Å²) < 4.78 is 0.929. The third kappa shape index (κ3) is 5.65. The Morgan fingerprint density at radius 3 is 2.16 bits per heavy atom. The second kappa shape index (κ2) is 9.54. The van der Waals surface area contributed by atoms with Gasteiger partial charge in [-0.05, 0) is 40.2 Å². The molecule has 108 valence electrons. The van der Waals surface area contributed by atoms with Gasteiger partial charge in [-0.25, -0.2) is 0 Å². The predicted molar refractivity (Wildman–Crippen MR) is 87.0 cm³/mol. The summed E-state index contributed by atoms with van der Waals surface area (Å²) >= 11 is 4.99. The van der Waals surface area contributed by atoms with Crippen LogP contribution in [-0.4, -0.2) is 23.9 Å². The summed E-state index contributed by atoms with van der Waals surface area (Å²) in [6.07, 6.45) is 7.00. The zero-order valence-corrected chi connectivity index (χ0v) is 14.4. The van der Waals surface area contributed by atoms with E-state index in [2.05, 4.69) is 29.8 Å². The zero-order valence-electron chi connectivity index (χ0n) is 12.0. The van der Waals surface area contributed by atoms with Crippen LogP contribution < -0.4 is 0 Å². The molecule has 0 saturated carbocycles. The van der Waals surface area contributed by atoms with E-state index < -0.39 is 0 Å². The number of rotatable bonds is 9. The van der Waals surface area contributed by atoms with Gasteiger partial charge in [0.15, 0.2) is 0 Å². The van der Waals surface area contributed by atoms with Gasteiger partial charge < -0.3 is 4.90 Å². The van der Waals surface area contributed by atoms with Gasteiger partial charge in [0.1, 0.15) is 4.88 Å². The molecule has 0 radical (unpaired) electrons. The van der Waals surface area contributed by atoms with Gasteiger partial charge in [-0.1, -0.05) is 39.5 Å². The summed E-state index contributed by atoms with van der Waals surface area (Å²) in [5.74, 6) is 0.189. The van der Waals surface area contributed by atoms with Gasteiger partial charge in [0.25, 0.3) is 5.91 Å². The molecule has 1 rings (SSSR count). The average molecular weight is 346 g/mol. The van der Waals surface area contributed by atoms with E-state index in [0.717, 1.165) is 35.3 Å². The Kier molecular flexibility index (Phi) is 8.38. The summed E-state index contributed by atoms with van der Waals surface area (Å²) in [4.78, 5) is 15.4. The normalized spacial score (nSPS) is 10.7. The van der Waals surface area contributed by atoms with Crippen molar-refractivity contribution in [2.24, 2.45) is 0 Å². The van der Waals surface area contributed by atoms with Crippen molar-refractivity contribution in [3.05, 3.63) is 20.8 Å². The van der Waals surface area contributed by atoms with Crippen LogP contribution in [0, 0.1) is 0 Å². The minimum atomic E-state index is 0.189. The molecule has 0 saturated heterocycles. The second-order valence-corrected chi connectivity index (χ2v) is 6.57. The first-order valence-corrected chi connectivity index (χ1v) is 8.90. The van der Waals surface area contributed by atoms with Crippen molar-refractivity contribution in [3.8, 4) is 0 Å². The van der Waals surface area contributed by atoms with E-state index in [1.165, 1.54) is 37.0 Å². The average Bonchev–Trinajstić information content (AvgIpc) is 2.83. The Morgan fingerprint density at radius 1 is 1.16 bits per heavy atom. The van der Waals surface area contributed by atoms with Crippen LogP contribution in [0.15, 0.2) is 15.9 Å². The van der Waals surface area contributed by atoms with Crippen molar-refractivity contribution in [3.63, 3.8) is 0 Å². The molecule has 1 aromatic heterocycles. The number of carbonyl (C=O) groups is 1. The van der Waals surface area contributed by atoms with Crippen LogP contribution in [0.25, 0.3) is 0 Å². The van der Waals surface area contributed by atoms with Gasteiger partial charge >= 0.3 is 0 Å². The van der Waals surface area contributed by atoms with Crippen LogP contribution in [0.2, 0.25) is 0 Å². The van der Waals surface area contributed by atoms with Crippen LogP contribution in [0.5, 0.6) is 0 Å². The van der Waals surface area contributed by atoms with E-state index >= 15 is 0 Å². The predicted octanol–water partition coefficient (Wildman–Crippen LogP) is 5.33. The smallest absolute Gasteiger partial charge is 0.265 e. The first kappa shape index (κ1) is 16.7. The monoisotopic (exact) mass is 345 g/mol. The van der Waals surface area contributed by atoms with Crippen LogP contribution in [0.3, 0.4) is 0 Å². The van der Waals surface area contributed by atoms with Crippen molar-refractivity contribution in [1.29, 1.82) is 0 Å². The van der Waals surface area contributed by atoms with Gasteiger partial charge in [-0.15, -0.1) is 11.3 Å². The molecular weight excluding hydrogens is 322 g/mol. The summed E-state index contributed by atoms with van der Waals surface area (Å²) in [5.41, 5.74) is 0. The van der Waals surface area contributed by atoms with Crippen molar-refractivity contribution < 1.29 is 4.79 Å². The van der Waals surface area contributed by atoms with E-state index in [1.807, 2.05) is 16.3 Å². The molecular formula is C15H24BrNOS. The first-order valence-electron chi connectivity index (χ1n) is 7.23. The highest BCUT2D eigenvalue weighted by Crippen LogP contribution is 2.24. The standard InChI is InChI=1S/C15H24BrNOS/c1-3-5-7-10-17(11-8-6-4-2)15(18)14-13(16)9-12-19-14/h9,12H,3-8,10-11H2,1-2H3. The molecule has 1 aromatic rings. The number of halogens is 1. The lowest BCUT2D eigenvalue weighted by atomic mass is 10.2. The Labute approximate surface area is 129 Å². The molecule has 0 atom stereocenters. The molecule has 2 nitrogen and oxygen atoms in total. The molecule has 19 heavy (non-hydrogen) atoms. The SMILES string of the molecule is CCCCCN(CCCCC)C(=O)c1sccc1Br. The zero-order chi connectivity index (χ0) is 14.1. The Balaban J connectivity index is 2.60. The molecule has 0 unspecified atom stereocenters. The van der Waals surface area contributed by atoms with Gasteiger partial charge in [0, 0.05) is 17.6 Å². The minimum absolute atomic E-state index is 0.189. The Morgan fingerprint density at radius 2 is 1.74 bits per heavy atom. The molecule has 4 heteroatoms. The maximum atomic E-state index is 12.5. The van der Waals surface area contributed by atoms with Crippen molar-refractivity contribution in [1.82, 2.24) is 4.90 Å². The maximum Gasteiger partial charge on any atom is 0.265 e. The Bertz CT molecular complexity index is 368. The van der Waals surface area contributed by atoms with Gasteiger partial charge in [0.2, 0.25) is 0 Å². The van der Waals surface area contributed by atoms with Crippen molar-refractivity contribution in [2.45, 2.75) is 52.4 Å². The number of hydrogen-bond acceptors (Lipinski definition) is 2. The van der Waals surface area contributed by atoms with E-state index in [-0.39, 0.29) is 5.91 Å². The van der Waals surface area contributed by atoms with Crippen LogP contribution >= 0.6 is 27.3 Å². The molecule has 0 fully saturated rings. The lowest BCUT2D eigenvalue weighted by Gasteiger charge is -2.22. The van der Waals surface area contributed by atoms with Crippen LogP contribution in [-0.2, 0) is 0 Å². The van der Waals surface area contributed by atoms with Gasteiger partial charge in [0.05, 0.1) is 0 Å². The fourth-order valence-corrected chi connectivity index (χ4v) is 3.52. The van der Waals surface area contributed by atoms with Crippen molar-refractivity contribution >= 4 is 33.2 Å². The van der Waals surface area contributed by atoms with E-state index in [4.69, 9.17) is 0 Å². The van der Waals surface area contributed by atoms with Gasteiger partial charge in [-0.3, -0.25) is 4.79 Å². The fraction of sp³-hybridized carbons (Fsp3) is 0.667. The minimum Gasteiger partial charge on any atom is -0.338 e. The highest BCUT2D eigenvalue weighted by atomic mass is 79.9.